The number of allylic oxidation sites excluding steroid dienone is 2. The summed E-state index contributed by atoms with van der Waals surface area (Å²) in [5, 5.41) is 7.86. The van der Waals surface area contributed by atoms with Gasteiger partial charge in [0.15, 0.2) is 0 Å². The first-order valence-electron chi connectivity index (χ1n) is 7.73. The molecule has 2 heterocycles. The number of carbonyl (C=O) groups is 2. The van der Waals surface area contributed by atoms with Crippen LogP contribution in [0, 0.1) is 23.7 Å². The van der Waals surface area contributed by atoms with Crippen LogP contribution in [0.2, 0.25) is 0 Å². The van der Waals surface area contributed by atoms with Crippen molar-refractivity contribution >= 4 is 28.4 Å². The molecule has 0 radical (unpaired) electrons. The average Bonchev–Trinajstić information content (AvgIpc) is 3.12. The minimum absolute atomic E-state index is 0.0343. The highest BCUT2D eigenvalue weighted by atomic mass is 16.2. The molecular weight excluding hydrogens is 278 g/mol. The molecule has 2 bridgehead atoms. The van der Waals surface area contributed by atoms with Crippen LogP contribution in [0.3, 0.4) is 0 Å². The number of fused-ring (bicyclic) bond motifs is 2. The standard InChI is InChI=1S/C17H15N3O2/c21-16-14-9-1-2-10(4-3-9)15(14)17(22)20(16)12-6-5-11-8-18-19-13(11)7-12/h1-2,5-10,14-15H,3-4H2,(H,18,19). The molecule has 6 rings (SSSR count). The molecule has 1 aliphatic heterocycles. The van der Waals surface area contributed by atoms with Crippen molar-refractivity contribution in [3.63, 3.8) is 0 Å². The molecule has 5 heteroatoms. The van der Waals surface area contributed by atoms with Crippen LogP contribution in [0.1, 0.15) is 12.8 Å². The zero-order valence-electron chi connectivity index (χ0n) is 11.9. The van der Waals surface area contributed by atoms with Gasteiger partial charge < -0.3 is 0 Å². The van der Waals surface area contributed by atoms with Crippen molar-refractivity contribution in [3.8, 4) is 0 Å². The number of benzene rings is 1. The number of amides is 2. The van der Waals surface area contributed by atoms with E-state index in [1.807, 2.05) is 18.2 Å². The zero-order valence-corrected chi connectivity index (χ0v) is 11.9. The lowest BCUT2D eigenvalue weighted by Crippen LogP contribution is -2.38. The predicted molar refractivity (Wildman–Crippen MR) is 80.9 cm³/mol. The molecule has 3 aliphatic carbocycles. The molecule has 0 spiro atoms. The Morgan fingerprint density at radius 3 is 2.36 bits per heavy atom. The van der Waals surface area contributed by atoms with Crippen molar-refractivity contribution in [1.82, 2.24) is 10.2 Å². The van der Waals surface area contributed by atoms with Crippen LogP contribution in [0.25, 0.3) is 10.9 Å². The molecule has 1 saturated heterocycles. The summed E-state index contributed by atoms with van der Waals surface area (Å²) >= 11 is 0. The normalized spacial score (nSPS) is 33.0. The van der Waals surface area contributed by atoms with Gasteiger partial charge in [-0.3, -0.25) is 14.7 Å². The Hall–Kier alpha value is -2.43. The molecule has 2 aromatic rings. The van der Waals surface area contributed by atoms with Gasteiger partial charge in [0.25, 0.3) is 0 Å². The van der Waals surface area contributed by atoms with E-state index in [9.17, 15) is 9.59 Å². The van der Waals surface area contributed by atoms with Crippen molar-refractivity contribution in [2.24, 2.45) is 23.7 Å². The van der Waals surface area contributed by atoms with Gasteiger partial charge in [-0.2, -0.15) is 5.10 Å². The number of aromatic amines is 1. The fourth-order valence-electron chi connectivity index (χ4n) is 4.39. The van der Waals surface area contributed by atoms with E-state index < -0.39 is 0 Å². The molecule has 5 nitrogen and oxygen atoms in total. The molecule has 1 aromatic heterocycles. The monoisotopic (exact) mass is 293 g/mol. The van der Waals surface area contributed by atoms with E-state index in [0.717, 1.165) is 23.7 Å². The summed E-state index contributed by atoms with van der Waals surface area (Å²) in [4.78, 5) is 27.1. The fraction of sp³-hybridized carbons (Fsp3) is 0.353. The summed E-state index contributed by atoms with van der Waals surface area (Å²) in [5.74, 6) is 0.0722. The first kappa shape index (κ1) is 12.1. The lowest BCUT2D eigenvalue weighted by Gasteiger charge is -2.38. The third kappa shape index (κ3) is 1.41. The lowest BCUT2D eigenvalue weighted by molar-refractivity contribution is -0.124. The van der Waals surface area contributed by atoms with Gasteiger partial charge in [0.1, 0.15) is 0 Å². The van der Waals surface area contributed by atoms with Crippen LogP contribution in [0.15, 0.2) is 36.5 Å². The molecule has 4 aliphatic rings. The summed E-state index contributed by atoms with van der Waals surface area (Å²) < 4.78 is 0. The Morgan fingerprint density at radius 1 is 1.05 bits per heavy atom. The largest absolute Gasteiger partial charge is 0.278 e. The molecule has 22 heavy (non-hydrogen) atoms. The van der Waals surface area contributed by atoms with E-state index >= 15 is 0 Å². The van der Waals surface area contributed by atoms with Gasteiger partial charge in [-0.1, -0.05) is 12.2 Å². The third-order valence-electron chi connectivity index (χ3n) is 5.44. The molecule has 1 saturated carbocycles. The first-order valence-corrected chi connectivity index (χ1v) is 7.73. The summed E-state index contributed by atoms with van der Waals surface area (Å²) in [6, 6.07) is 5.56. The van der Waals surface area contributed by atoms with E-state index in [0.29, 0.717) is 5.69 Å². The lowest BCUT2D eigenvalue weighted by atomic mass is 9.63. The highest BCUT2D eigenvalue weighted by molar-refractivity contribution is 6.23. The highest BCUT2D eigenvalue weighted by Gasteiger charge is 2.56. The number of carbonyl (C=O) groups excluding carboxylic acids is 2. The van der Waals surface area contributed by atoms with Gasteiger partial charge in [0, 0.05) is 5.39 Å². The number of hydrogen-bond acceptors (Lipinski definition) is 3. The maximum Gasteiger partial charge on any atom is 0.238 e. The number of nitrogens with one attached hydrogen (secondary N) is 1. The van der Waals surface area contributed by atoms with Crippen molar-refractivity contribution in [3.05, 3.63) is 36.5 Å². The SMILES string of the molecule is O=C1C2C3C=CC(CC3)C2C(=O)N1c1ccc2cn[nH]c2c1. The van der Waals surface area contributed by atoms with E-state index in [2.05, 4.69) is 22.3 Å². The van der Waals surface area contributed by atoms with Crippen LogP contribution < -0.4 is 4.90 Å². The number of H-pyrrole nitrogens is 1. The number of hydrogen-bond donors (Lipinski definition) is 1. The van der Waals surface area contributed by atoms with E-state index in [1.165, 1.54) is 4.90 Å². The summed E-state index contributed by atoms with van der Waals surface area (Å²) in [6.45, 7) is 0. The zero-order chi connectivity index (χ0) is 14.8. The fourth-order valence-corrected chi connectivity index (χ4v) is 4.39. The maximum absolute atomic E-state index is 12.9. The van der Waals surface area contributed by atoms with Gasteiger partial charge in [0.2, 0.25) is 11.8 Å². The Balaban J connectivity index is 1.61. The van der Waals surface area contributed by atoms with Crippen LogP contribution >= 0.6 is 0 Å². The second-order valence-corrected chi connectivity index (χ2v) is 6.49. The second-order valence-electron chi connectivity index (χ2n) is 6.49. The number of aromatic nitrogens is 2. The predicted octanol–water partition coefficient (Wildman–Crippen LogP) is 2.26. The van der Waals surface area contributed by atoms with E-state index in [-0.39, 0.29) is 35.5 Å². The molecule has 2 amide bonds. The minimum Gasteiger partial charge on any atom is -0.278 e. The molecule has 110 valence electrons. The molecule has 1 N–H and O–H groups in total. The molecule has 1 aromatic carbocycles. The Kier molecular flexibility index (Phi) is 2.24. The minimum atomic E-state index is -0.159. The summed E-state index contributed by atoms with van der Waals surface area (Å²) in [7, 11) is 0. The molecule has 2 fully saturated rings. The second kappa shape index (κ2) is 4.06. The van der Waals surface area contributed by atoms with Gasteiger partial charge in [-0.05, 0) is 42.9 Å². The van der Waals surface area contributed by atoms with Gasteiger partial charge in [-0.25, -0.2) is 4.90 Å². The number of rotatable bonds is 1. The van der Waals surface area contributed by atoms with Crippen molar-refractivity contribution in [2.75, 3.05) is 4.90 Å². The van der Waals surface area contributed by atoms with E-state index in [4.69, 9.17) is 0 Å². The number of imide groups is 1. The summed E-state index contributed by atoms with van der Waals surface area (Å²) in [6.07, 6.45) is 8.06. The Labute approximate surface area is 127 Å². The average molecular weight is 293 g/mol. The topological polar surface area (TPSA) is 66.1 Å². The van der Waals surface area contributed by atoms with Gasteiger partial charge >= 0.3 is 0 Å². The highest BCUT2D eigenvalue weighted by Crippen LogP contribution is 2.50. The van der Waals surface area contributed by atoms with Gasteiger partial charge in [-0.15, -0.1) is 0 Å². The van der Waals surface area contributed by atoms with Crippen LogP contribution in [0.4, 0.5) is 5.69 Å². The molecule has 4 atom stereocenters. The van der Waals surface area contributed by atoms with Crippen molar-refractivity contribution < 1.29 is 9.59 Å². The Morgan fingerprint density at radius 2 is 1.73 bits per heavy atom. The number of anilines is 1. The third-order valence-corrected chi connectivity index (χ3v) is 5.44. The maximum atomic E-state index is 12.9. The number of nitrogens with zero attached hydrogens (tertiary/aromatic N) is 2. The van der Waals surface area contributed by atoms with Crippen molar-refractivity contribution in [1.29, 1.82) is 0 Å². The van der Waals surface area contributed by atoms with Gasteiger partial charge in [0.05, 0.1) is 29.2 Å². The quantitative estimate of drug-likeness (QED) is 0.648. The van der Waals surface area contributed by atoms with E-state index in [1.54, 1.807) is 6.20 Å². The molecular formula is C17H15N3O2. The molecule has 4 unspecified atom stereocenters. The van der Waals surface area contributed by atoms with Crippen molar-refractivity contribution in [2.45, 2.75) is 12.8 Å². The van der Waals surface area contributed by atoms with Crippen LogP contribution in [-0.4, -0.2) is 22.0 Å². The smallest absolute Gasteiger partial charge is 0.238 e. The Bertz CT molecular complexity index is 805. The summed E-state index contributed by atoms with van der Waals surface area (Å²) in [5.41, 5.74) is 1.50. The first-order chi connectivity index (χ1) is 10.7. The van der Waals surface area contributed by atoms with Crippen LogP contribution in [0.5, 0.6) is 0 Å². The van der Waals surface area contributed by atoms with Crippen LogP contribution in [-0.2, 0) is 9.59 Å².